The molecule has 1 aliphatic carbocycles. The van der Waals surface area contributed by atoms with Gasteiger partial charge in [0.15, 0.2) is 5.16 Å². The largest absolute Gasteiger partial charge is 0.548 e. The number of thiophene rings is 1. The Labute approximate surface area is 193 Å². The lowest BCUT2D eigenvalue weighted by atomic mass is 10.1. The number of amides is 1. The predicted octanol–water partition coefficient (Wildman–Crippen LogP) is 1.70. The van der Waals surface area contributed by atoms with Crippen LogP contribution in [-0.4, -0.2) is 33.2 Å². The summed E-state index contributed by atoms with van der Waals surface area (Å²) < 4.78 is 1.53. The van der Waals surface area contributed by atoms with E-state index in [-0.39, 0.29) is 24.3 Å². The van der Waals surface area contributed by atoms with Gasteiger partial charge in [0.05, 0.1) is 23.2 Å². The van der Waals surface area contributed by atoms with Crippen LogP contribution in [0.25, 0.3) is 10.2 Å². The molecule has 0 radical (unpaired) electrons. The highest BCUT2D eigenvalue weighted by atomic mass is 32.2. The molecule has 32 heavy (non-hydrogen) atoms. The second-order valence-corrected chi connectivity index (χ2v) is 9.58. The van der Waals surface area contributed by atoms with Gasteiger partial charge in [-0.3, -0.25) is 14.2 Å². The van der Waals surface area contributed by atoms with Crippen molar-refractivity contribution in [2.75, 3.05) is 5.75 Å². The van der Waals surface area contributed by atoms with E-state index in [1.165, 1.54) is 9.44 Å². The molecule has 1 N–H and O–H groups in total. The number of carboxylic acid groups (broad SMARTS) is 1. The van der Waals surface area contributed by atoms with E-state index in [1.54, 1.807) is 41.7 Å². The van der Waals surface area contributed by atoms with E-state index < -0.39 is 17.9 Å². The number of nitrogens with zero attached hydrogens (tertiary/aromatic N) is 2. The number of hydrogen-bond acceptors (Lipinski definition) is 7. The van der Waals surface area contributed by atoms with Crippen LogP contribution in [0.2, 0.25) is 0 Å². The molecule has 0 fully saturated rings. The molecule has 1 atom stereocenters. The van der Waals surface area contributed by atoms with Gasteiger partial charge in [-0.05, 0) is 36.8 Å². The Bertz CT molecular complexity index is 1230. The standard InChI is InChI=1S/C23H23N3O4S2/c1-2-11-26-21(28)19-15-9-6-10-17(15)32-20(19)25-23(26)31-13-18(27)24-16(22(29)30)12-14-7-4-3-5-8-14/h2-5,7-8,16H,1,6,9-13H2,(H,24,27)(H,29,30)/p-1/t16-/m1/s1. The van der Waals surface area contributed by atoms with Crippen molar-refractivity contribution in [2.45, 2.75) is 43.4 Å². The molecule has 2 aromatic heterocycles. The number of aryl methyl sites for hydroxylation is 2. The molecule has 3 aromatic rings. The molecule has 0 unspecified atom stereocenters. The van der Waals surface area contributed by atoms with Crippen molar-refractivity contribution in [1.29, 1.82) is 0 Å². The number of carbonyl (C=O) groups is 2. The van der Waals surface area contributed by atoms with E-state index in [1.807, 2.05) is 6.07 Å². The van der Waals surface area contributed by atoms with Crippen LogP contribution in [0.3, 0.4) is 0 Å². The van der Waals surface area contributed by atoms with Crippen molar-refractivity contribution in [3.63, 3.8) is 0 Å². The number of nitrogens with one attached hydrogen (secondary N) is 1. The van der Waals surface area contributed by atoms with Crippen LogP contribution in [0.1, 0.15) is 22.4 Å². The molecule has 0 spiro atoms. The highest BCUT2D eigenvalue weighted by Crippen LogP contribution is 2.35. The van der Waals surface area contributed by atoms with Gasteiger partial charge in [0, 0.05) is 11.4 Å². The molecule has 1 aliphatic rings. The van der Waals surface area contributed by atoms with E-state index in [9.17, 15) is 19.5 Å². The summed E-state index contributed by atoms with van der Waals surface area (Å²) in [5.41, 5.74) is 1.77. The fraction of sp³-hybridized carbons (Fsp3) is 0.304. The summed E-state index contributed by atoms with van der Waals surface area (Å²) in [6, 6.07) is 7.89. The fourth-order valence-electron chi connectivity index (χ4n) is 3.87. The summed E-state index contributed by atoms with van der Waals surface area (Å²) in [4.78, 5) is 43.7. The lowest BCUT2D eigenvalue weighted by Gasteiger charge is -2.20. The van der Waals surface area contributed by atoms with E-state index in [4.69, 9.17) is 0 Å². The van der Waals surface area contributed by atoms with E-state index in [0.717, 1.165) is 42.2 Å². The monoisotopic (exact) mass is 468 g/mol. The average Bonchev–Trinajstić information content (AvgIpc) is 3.35. The zero-order chi connectivity index (χ0) is 22.7. The van der Waals surface area contributed by atoms with Crippen molar-refractivity contribution >= 4 is 45.2 Å². The quantitative estimate of drug-likeness (QED) is 0.291. The predicted molar refractivity (Wildman–Crippen MR) is 124 cm³/mol. The molecule has 0 aliphatic heterocycles. The Kier molecular flexibility index (Phi) is 6.76. The van der Waals surface area contributed by atoms with Gasteiger partial charge in [-0.2, -0.15) is 0 Å². The second kappa shape index (κ2) is 9.70. The molecular formula is C23H22N3O4S2-. The van der Waals surface area contributed by atoms with Crippen molar-refractivity contribution < 1.29 is 14.7 Å². The maximum atomic E-state index is 13.2. The van der Waals surface area contributed by atoms with E-state index in [2.05, 4.69) is 16.9 Å². The maximum absolute atomic E-state index is 13.2. The SMILES string of the molecule is C=CCn1c(SCC(=O)N[C@H](Cc2ccccc2)C(=O)[O-])nc2sc3c(c2c1=O)CCC3. The molecule has 2 heterocycles. The molecule has 0 saturated heterocycles. The molecule has 166 valence electrons. The minimum absolute atomic E-state index is 0.0707. The Morgan fingerprint density at radius 3 is 2.81 bits per heavy atom. The van der Waals surface area contributed by atoms with Gasteiger partial charge in [-0.1, -0.05) is 48.2 Å². The molecule has 1 aromatic carbocycles. The van der Waals surface area contributed by atoms with Gasteiger partial charge in [-0.15, -0.1) is 17.9 Å². The molecule has 9 heteroatoms. The Hall–Kier alpha value is -2.91. The molecule has 7 nitrogen and oxygen atoms in total. The number of rotatable bonds is 9. The first-order valence-corrected chi connectivity index (χ1v) is 12.1. The number of aromatic nitrogens is 2. The number of carbonyl (C=O) groups excluding carboxylic acids is 2. The zero-order valence-corrected chi connectivity index (χ0v) is 19.0. The lowest BCUT2D eigenvalue weighted by molar-refractivity contribution is -0.308. The number of benzene rings is 1. The van der Waals surface area contributed by atoms with E-state index >= 15 is 0 Å². The third kappa shape index (κ3) is 4.63. The van der Waals surface area contributed by atoms with Gasteiger partial charge in [-0.25, -0.2) is 4.98 Å². The fourth-order valence-corrected chi connectivity index (χ4v) is 5.99. The summed E-state index contributed by atoms with van der Waals surface area (Å²) in [6.07, 6.45) is 4.66. The normalized spacial score (nSPS) is 13.6. The van der Waals surface area contributed by atoms with Crippen LogP contribution in [0.5, 0.6) is 0 Å². The topological polar surface area (TPSA) is 104 Å². The molecule has 1 amide bonds. The number of thioether (sulfide) groups is 1. The van der Waals surface area contributed by atoms with Crippen LogP contribution in [0.4, 0.5) is 0 Å². The highest BCUT2D eigenvalue weighted by molar-refractivity contribution is 7.99. The molecule has 0 saturated carbocycles. The minimum Gasteiger partial charge on any atom is -0.548 e. The first-order chi connectivity index (χ1) is 15.5. The Morgan fingerprint density at radius 1 is 1.31 bits per heavy atom. The van der Waals surface area contributed by atoms with Crippen LogP contribution in [-0.2, 0) is 35.4 Å². The van der Waals surface area contributed by atoms with Crippen molar-refractivity contribution in [3.8, 4) is 0 Å². The summed E-state index contributed by atoms with van der Waals surface area (Å²) in [6.45, 7) is 4.01. The number of aliphatic carboxylic acids is 1. The number of allylic oxidation sites excluding steroid dienone is 1. The molecule has 0 bridgehead atoms. The third-order valence-corrected chi connectivity index (χ3v) is 7.50. The smallest absolute Gasteiger partial charge is 0.263 e. The van der Waals surface area contributed by atoms with Gasteiger partial charge in [0.25, 0.3) is 5.56 Å². The molecule has 4 rings (SSSR count). The molecular weight excluding hydrogens is 446 g/mol. The first kappa shape index (κ1) is 22.3. The Morgan fingerprint density at radius 2 is 2.09 bits per heavy atom. The lowest BCUT2D eigenvalue weighted by Crippen LogP contribution is -2.49. The van der Waals surface area contributed by atoms with Crippen LogP contribution >= 0.6 is 23.1 Å². The van der Waals surface area contributed by atoms with Crippen molar-refractivity contribution in [1.82, 2.24) is 14.9 Å². The van der Waals surface area contributed by atoms with Crippen LogP contribution in [0, 0.1) is 0 Å². The van der Waals surface area contributed by atoms with Gasteiger partial charge < -0.3 is 15.2 Å². The van der Waals surface area contributed by atoms with Crippen LogP contribution < -0.4 is 16.0 Å². The first-order valence-electron chi connectivity index (χ1n) is 10.3. The minimum atomic E-state index is -1.34. The average molecular weight is 469 g/mol. The van der Waals surface area contributed by atoms with Gasteiger partial charge in [0.2, 0.25) is 5.91 Å². The van der Waals surface area contributed by atoms with Crippen LogP contribution in [0.15, 0.2) is 52.9 Å². The summed E-state index contributed by atoms with van der Waals surface area (Å²) in [5.74, 6) is -1.88. The van der Waals surface area contributed by atoms with E-state index in [0.29, 0.717) is 15.4 Å². The summed E-state index contributed by atoms with van der Waals surface area (Å²) in [7, 11) is 0. The van der Waals surface area contributed by atoms with Gasteiger partial charge in [0.1, 0.15) is 4.83 Å². The number of hydrogen-bond donors (Lipinski definition) is 1. The summed E-state index contributed by atoms with van der Waals surface area (Å²) >= 11 is 2.65. The summed E-state index contributed by atoms with van der Waals surface area (Å²) in [5, 5.41) is 15.1. The second-order valence-electron chi connectivity index (χ2n) is 7.55. The third-order valence-electron chi connectivity index (χ3n) is 5.34. The number of fused-ring (bicyclic) bond motifs is 3. The van der Waals surface area contributed by atoms with Crippen molar-refractivity contribution in [2.24, 2.45) is 0 Å². The number of carboxylic acids is 1. The Balaban J connectivity index is 1.51. The van der Waals surface area contributed by atoms with Crippen molar-refractivity contribution in [3.05, 3.63) is 69.3 Å². The maximum Gasteiger partial charge on any atom is 0.263 e. The van der Waals surface area contributed by atoms with Gasteiger partial charge >= 0.3 is 0 Å². The zero-order valence-electron chi connectivity index (χ0n) is 17.3. The highest BCUT2D eigenvalue weighted by Gasteiger charge is 2.23.